The van der Waals surface area contributed by atoms with E-state index in [0.717, 1.165) is 29.4 Å². The molecule has 3 aliphatic carbocycles. The zero-order valence-electron chi connectivity index (χ0n) is 13.0. The molecule has 0 unspecified atom stereocenters. The fourth-order valence-electron chi connectivity index (χ4n) is 5.92. The van der Waals surface area contributed by atoms with E-state index in [4.69, 9.17) is 0 Å². The van der Waals surface area contributed by atoms with Gasteiger partial charge in [-0.25, -0.2) is 4.79 Å². The minimum atomic E-state index is -0.903. The van der Waals surface area contributed by atoms with Crippen LogP contribution in [0, 0.1) is 29.6 Å². The van der Waals surface area contributed by atoms with Crippen LogP contribution in [0.1, 0.15) is 36.4 Å². The van der Waals surface area contributed by atoms with Crippen molar-refractivity contribution in [2.24, 2.45) is 29.6 Å². The number of hydrogen-bond donors (Lipinski definition) is 1. The van der Waals surface area contributed by atoms with E-state index in [1.807, 2.05) is 24.3 Å². The van der Waals surface area contributed by atoms with Crippen molar-refractivity contribution in [1.29, 1.82) is 0 Å². The van der Waals surface area contributed by atoms with Gasteiger partial charge in [0.25, 0.3) is 0 Å². The second-order valence-corrected chi connectivity index (χ2v) is 7.73. The quantitative estimate of drug-likeness (QED) is 0.913. The van der Waals surface area contributed by atoms with Crippen LogP contribution in [-0.4, -0.2) is 28.4 Å². The lowest BCUT2D eigenvalue weighted by molar-refractivity contribution is -0.152. The molecule has 0 aromatic heterocycles. The van der Waals surface area contributed by atoms with Crippen LogP contribution in [0.15, 0.2) is 24.3 Å². The summed E-state index contributed by atoms with van der Waals surface area (Å²) >= 11 is 0. The molecule has 4 nitrogen and oxygen atoms in total. The summed E-state index contributed by atoms with van der Waals surface area (Å²) in [6.45, 7) is 0.540. The maximum Gasteiger partial charge on any atom is 0.331 e. The van der Waals surface area contributed by atoms with Gasteiger partial charge in [0, 0.05) is 12.5 Å². The number of carbonyl (C=O) groups excluding carboxylic acids is 1. The van der Waals surface area contributed by atoms with Gasteiger partial charge in [0.1, 0.15) is 0 Å². The molecule has 1 aromatic rings. The van der Waals surface area contributed by atoms with Crippen LogP contribution in [0.5, 0.6) is 0 Å². The molecular weight excluding hydrogens is 290 g/mol. The molecule has 120 valence electrons. The summed E-state index contributed by atoms with van der Waals surface area (Å²) in [5.41, 5.74) is 1.87. The molecule has 1 aromatic carbocycles. The van der Waals surface area contributed by atoms with E-state index in [1.165, 1.54) is 19.3 Å². The average molecular weight is 311 g/mol. The fourth-order valence-corrected chi connectivity index (χ4v) is 5.92. The van der Waals surface area contributed by atoms with Crippen molar-refractivity contribution in [1.82, 2.24) is 4.90 Å². The lowest BCUT2D eigenvalue weighted by Gasteiger charge is -2.35. The van der Waals surface area contributed by atoms with Gasteiger partial charge in [0.15, 0.2) is 6.04 Å². The molecule has 1 heterocycles. The summed E-state index contributed by atoms with van der Waals surface area (Å²) in [5, 5.41) is 9.73. The molecule has 3 saturated carbocycles. The lowest BCUT2D eigenvalue weighted by Crippen LogP contribution is -2.45. The van der Waals surface area contributed by atoms with Crippen molar-refractivity contribution in [3.8, 4) is 0 Å². The Morgan fingerprint density at radius 3 is 2.48 bits per heavy atom. The number of hydrogen-bond acceptors (Lipinski definition) is 2. The zero-order valence-corrected chi connectivity index (χ0v) is 13.0. The molecule has 4 aliphatic rings. The van der Waals surface area contributed by atoms with Gasteiger partial charge in [-0.05, 0) is 60.5 Å². The number of nitrogens with zero attached hydrogens (tertiary/aromatic N) is 1. The fraction of sp³-hybridized carbons (Fsp3) is 0.579. The smallest absolute Gasteiger partial charge is 0.331 e. The predicted octanol–water partition coefficient (Wildman–Crippen LogP) is 2.49. The molecule has 1 N–H and O–H groups in total. The standard InChI is InChI=1S/C19H21NO3/c21-18(16-14-11-5-6-12(9-11)15(14)16)20-8-7-10-3-1-2-4-13(10)17(20)19(22)23/h1-4,11-12,14-17H,5-9H2,(H,22,23)/t11-,12-,14-,15-,17-/m0/s1. The molecule has 3 fully saturated rings. The van der Waals surface area contributed by atoms with Gasteiger partial charge in [-0.15, -0.1) is 0 Å². The summed E-state index contributed by atoms with van der Waals surface area (Å²) in [6.07, 6.45) is 4.63. The van der Waals surface area contributed by atoms with Crippen LogP contribution in [0.4, 0.5) is 0 Å². The first-order chi connectivity index (χ1) is 11.2. The van der Waals surface area contributed by atoms with Crippen molar-refractivity contribution >= 4 is 11.9 Å². The van der Waals surface area contributed by atoms with E-state index >= 15 is 0 Å². The van der Waals surface area contributed by atoms with Gasteiger partial charge in [-0.3, -0.25) is 4.79 Å². The molecule has 4 heteroatoms. The highest BCUT2D eigenvalue weighted by Gasteiger charge is 2.68. The molecule has 5 rings (SSSR count). The van der Waals surface area contributed by atoms with Crippen LogP contribution < -0.4 is 0 Å². The highest BCUT2D eigenvalue weighted by Crippen LogP contribution is 2.69. The summed E-state index contributed by atoms with van der Waals surface area (Å²) < 4.78 is 0. The van der Waals surface area contributed by atoms with Crippen LogP contribution in [0.25, 0.3) is 0 Å². The summed E-state index contributed by atoms with van der Waals surface area (Å²) in [5.74, 6) is 1.92. The molecule has 2 bridgehead atoms. The first kappa shape index (κ1) is 13.6. The Bertz CT molecular complexity index is 684. The van der Waals surface area contributed by atoms with E-state index < -0.39 is 12.0 Å². The Morgan fingerprint density at radius 1 is 1.09 bits per heavy atom. The molecule has 5 atom stereocenters. The Labute approximate surface area is 135 Å². The first-order valence-electron chi connectivity index (χ1n) is 8.78. The third-order valence-corrected chi connectivity index (χ3v) is 6.82. The first-order valence-corrected chi connectivity index (χ1v) is 8.78. The number of carbonyl (C=O) groups is 2. The second-order valence-electron chi connectivity index (χ2n) is 7.73. The van der Waals surface area contributed by atoms with E-state index in [2.05, 4.69) is 0 Å². The highest BCUT2D eigenvalue weighted by atomic mass is 16.4. The van der Waals surface area contributed by atoms with Crippen LogP contribution in [0.3, 0.4) is 0 Å². The average Bonchev–Trinajstić information content (AvgIpc) is 2.99. The van der Waals surface area contributed by atoms with Gasteiger partial charge in [0.2, 0.25) is 5.91 Å². The topological polar surface area (TPSA) is 57.6 Å². The van der Waals surface area contributed by atoms with Gasteiger partial charge < -0.3 is 10.0 Å². The van der Waals surface area contributed by atoms with Crippen LogP contribution in [-0.2, 0) is 16.0 Å². The SMILES string of the molecule is O=C(O)[C@@H]1c2ccccc2CCN1C(=O)C1[C@H]2[C@H]3CC[C@@H](C3)[C@H]12. The molecular formula is C19H21NO3. The third kappa shape index (κ3) is 1.78. The van der Waals surface area contributed by atoms with Gasteiger partial charge in [0.05, 0.1) is 0 Å². The zero-order chi connectivity index (χ0) is 15.7. The number of amides is 1. The summed E-state index contributed by atoms with van der Waals surface area (Å²) in [6, 6.07) is 6.86. The van der Waals surface area contributed by atoms with Crippen LogP contribution >= 0.6 is 0 Å². The van der Waals surface area contributed by atoms with Crippen LogP contribution in [0.2, 0.25) is 0 Å². The molecule has 1 aliphatic heterocycles. The van der Waals surface area contributed by atoms with E-state index in [9.17, 15) is 14.7 Å². The maximum atomic E-state index is 13.1. The molecule has 0 spiro atoms. The normalized spacial score (nSPS) is 39.7. The Morgan fingerprint density at radius 2 is 1.78 bits per heavy atom. The van der Waals surface area contributed by atoms with E-state index in [-0.39, 0.29) is 11.8 Å². The van der Waals surface area contributed by atoms with Gasteiger partial charge in [-0.2, -0.15) is 0 Å². The Hall–Kier alpha value is -1.84. The lowest BCUT2D eigenvalue weighted by atomic mass is 9.91. The number of aliphatic carboxylic acids is 1. The number of rotatable bonds is 2. The largest absolute Gasteiger partial charge is 0.479 e. The van der Waals surface area contributed by atoms with Gasteiger partial charge >= 0.3 is 5.97 Å². The minimum Gasteiger partial charge on any atom is -0.479 e. The van der Waals surface area contributed by atoms with Gasteiger partial charge in [-0.1, -0.05) is 24.3 Å². The number of carboxylic acids is 1. The van der Waals surface area contributed by atoms with Crippen molar-refractivity contribution in [2.45, 2.75) is 31.7 Å². The predicted molar refractivity (Wildman–Crippen MR) is 83.5 cm³/mol. The summed E-state index contributed by atoms with van der Waals surface area (Å²) in [4.78, 5) is 26.6. The molecule has 0 radical (unpaired) electrons. The van der Waals surface area contributed by atoms with E-state index in [0.29, 0.717) is 18.4 Å². The number of fused-ring (bicyclic) bond motifs is 6. The van der Waals surface area contributed by atoms with E-state index in [1.54, 1.807) is 4.90 Å². The van der Waals surface area contributed by atoms with Crippen molar-refractivity contribution in [3.05, 3.63) is 35.4 Å². The number of carboxylic acid groups (broad SMARTS) is 1. The molecule has 0 saturated heterocycles. The monoisotopic (exact) mass is 311 g/mol. The van der Waals surface area contributed by atoms with Crippen molar-refractivity contribution < 1.29 is 14.7 Å². The molecule has 23 heavy (non-hydrogen) atoms. The third-order valence-electron chi connectivity index (χ3n) is 6.82. The Balaban J connectivity index is 1.44. The maximum absolute atomic E-state index is 13.1. The molecule has 1 amide bonds. The second kappa shape index (κ2) is 4.59. The highest BCUT2D eigenvalue weighted by molar-refractivity contribution is 5.89. The minimum absolute atomic E-state index is 0.110. The Kier molecular flexibility index (Phi) is 2.71. The summed E-state index contributed by atoms with van der Waals surface area (Å²) in [7, 11) is 0. The van der Waals surface area contributed by atoms with Crippen molar-refractivity contribution in [2.75, 3.05) is 6.54 Å². The van der Waals surface area contributed by atoms with Crippen molar-refractivity contribution in [3.63, 3.8) is 0 Å². The number of benzene rings is 1.